The van der Waals surface area contributed by atoms with Crippen LogP contribution in [0.25, 0.3) is 0 Å². The number of guanidine groups is 1. The van der Waals surface area contributed by atoms with E-state index in [1.807, 2.05) is 32.9 Å². The highest BCUT2D eigenvalue weighted by molar-refractivity contribution is 7.86. The first kappa shape index (κ1) is 21.0. The van der Waals surface area contributed by atoms with E-state index in [9.17, 15) is 4.21 Å². The van der Waals surface area contributed by atoms with E-state index in [4.69, 9.17) is 11.6 Å². The maximum atomic E-state index is 12.2. The molecule has 0 aliphatic carbocycles. The van der Waals surface area contributed by atoms with E-state index in [1.54, 1.807) is 7.05 Å². The Morgan fingerprint density at radius 2 is 1.92 bits per heavy atom. The van der Waals surface area contributed by atoms with Crippen molar-refractivity contribution in [2.45, 2.75) is 32.4 Å². The molecule has 0 spiro atoms. The standard InChI is InChI=1S/C19H31ClN4OS/c1-15-6-7-16(20)14-17(15)23-9-11-24(12-10-23)18(21-5)22-8-13-26(25)19(2,3)4/h6-7,14H,8-13H2,1-5H3,(H,21,22). The Balaban J connectivity index is 1.87. The number of aliphatic imine (C=N–C) groups is 1. The van der Waals surface area contributed by atoms with Gasteiger partial charge in [-0.2, -0.15) is 0 Å². The highest BCUT2D eigenvalue weighted by Crippen LogP contribution is 2.25. The average molecular weight is 399 g/mol. The molecule has 1 fully saturated rings. The van der Waals surface area contributed by atoms with Crippen molar-refractivity contribution in [2.75, 3.05) is 50.4 Å². The molecule has 7 heteroatoms. The van der Waals surface area contributed by atoms with Gasteiger partial charge >= 0.3 is 0 Å². The lowest BCUT2D eigenvalue weighted by Gasteiger charge is -2.38. The Labute approximate surface area is 165 Å². The van der Waals surface area contributed by atoms with Crippen LogP contribution in [-0.4, -0.2) is 65.3 Å². The molecule has 1 aromatic carbocycles. The van der Waals surface area contributed by atoms with Crippen molar-refractivity contribution in [3.05, 3.63) is 28.8 Å². The van der Waals surface area contributed by atoms with Crippen LogP contribution in [0.15, 0.2) is 23.2 Å². The Morgan fingerprint density at radius 1 is 1.27 bits per heavy atom. The number of rotatable bonds is 4. The molecule has 1 atom stereocenters. The lowest BCUT2D eigenvalue weighted by molar-refractivity contribution is 0.373. The van der Waals surface area contributed by atoms with Gasteiger partial charge in [0.15, 0.2) is 5.96 Å². The van der Waals surface area contributed by atoms with Gasteiger partial charge in [0, 0.05) is 71.8 Å². The van der Waals surface area contributed by atoms with Gasteiger partial charge in [-0.3, -0.25) is 9.20 Å². The fourth-order valence-corrected chi connectivity index (χ4v) is 4.04. The van der Waals surface area contributed by atoms with Crippen molar-refractivity contribution in [1.82, 2.24) is 10.2 Å². The van der Waals surface area contributed by atoms with Crippen LogP contribution >= 0.6 is 11.6 Å². The third-order valence-electron chi connectivity index (χ3n) is 4.56. The maximum absolute atomic E-state index is 12.2. The third-order valence-corrected chi connectivity index (χ3v) is 6.73. The number of benzene rings is 1. The smallest absolute Gasteiger partial charge is 0.193 e. The zero-order chi connectivity index (χ0) is 19.3. The molecule has 1 heterocycles. The molecule has 0 radical (unpaired) electrons. The first-order valence-corrected chi connectivity index (χ1v) is 10.8. The van der Waals surface area contributed by atoms with E-state index in [0.29, 0.717) is 12.3 Å². The van der Waals surface area contributed by atoms with Crippen LogP contribution in [0.2, 0.25) is 5.02 Å². The number of piperazine rings is 1. The minimum absolute atomic E-state index is 0.175. The molecule has 1 aliphatic heterocycles. The Kier molecular flexibility index (Phi) is 7.35. The lowest BCUT2D eigenvalue weighted by atomic mass is 10.1. The molecule has 2 rings (SSSR count). The van der Waals surface area contributed by atoms with Gasteiger partial charge in [0.05, 0.1) is 0 Å². The lowest BCUT2D eigenvalue weighted by Crippen LogP contribution is -2.53. The van der Waals surface area contributed by atoms with Gasteiger partial charge in [0.1, 0.15) is 0 Å². The van der Waals surface area contributed by atoms with E-state index in [-0.39, 0.29) is 4.75 Å². The number of nitrogens with zero attached hydrogens (tertiary/aromatic N) is 3. The summed E-state index contributed by atoms with van der Waals surface area (Å²) in [6.45, 7) is 12.5. The number of nitrogens with one attached hydrogen (secondary N) is 1. The molecule has 5 nitrogen and oxygen atoms in total. The van der Waals surface area contributed by atoms with Crippen LogP contribution < -0.4 is 10.2 Å². The van der Waals surface area contributed by atoms with Crippen molar-refractivity contribution in [2.24, 2.45) is 4.99 Å². The second kappa shape index (κ2) is 9.09. The maximum Gasteiger partial charge on any atom is 0.193 e. The number of aryl methyl sites for hydroxylation is 1. The first-order chi connectivity index (χ1) is 12.2. The van der Waals surface area contributed by atoms with E-state index < -0.39 is 10.8 Å². The van der Waals surface area contributed by atoms with Crippen LogP contribution in [0, 0.1) is 6.92 Å². The number of hydrogen-bond donors (Lipinski definition) is 1. The quantitative estimate of drug-likeness (QED) is 0.625. The molecule has 0 amide bonds. The van der Waals surface area contributed by atoms with Crippen LogP contribution in [0.4, 0.5) is 5.69 Å². The van der Waals surface area contributed by atoms with Gasteiger partial charge in [0.2, 0.25) is 0 Å². The molecule has 26 heavy (non-hydrogen) atoms. The third kappa shape index (κ3) is 5.61. The van der Waals surface area contributed by atoms with Gasteiger partial charge in [-0.05, 0) is 45.4 Å². The summed E-state index contributed by atoms with van der Waals surface area (Å²) in [5.74, 6) is 1.52. The summed E-state index contributed by atoms with van der Waals surface area (Å²) in [5, 5.41) is 4.14. The van der Waals surface area contributed by atoms with Crippen LogP contribution in [0.5, 0.6) is 0 Å². The minimum atomic E-state index is -0.853. The predicted octanol–water partition coefficient (Wildman–Crippen LogP) is 2.89. The van der Waals surface area contributed by atoms with E-state index >= 15 is 0 Å². The van der Waals surface area contributed by atoms with Crippen molar-refractivity contribution >= 4 is 34.0 Å². The summed E-state index contributed by atoms with van der Waals surface area (Å²) in [4.78, 5) is 9.03. The number of halogens is 1. The molecule has 1 saturated heterocycles. The highest BCUT2D eigenvalue weighted by atomic mass is 35.5. The average Bonchev–Trinajstić information content (AvgIpc) is 2.60. The summed E-state index contributed by atoms with van der Waals surface area (Å²) in [6, 6.07) is 6.05. The second-order valence-electron chi connectivity index (χ2n) is 7.54. The topological polar surface area (TPSA) is 47.9 Å². The SMILES string of the molecule is CN=C(NCCS(=O)C(C)(C)C)N1CCN(c2cc(Cl)ccc2C)CC1. The molecular formula is C19H31ClN4OS. The summed E-state index contributed by atoms with van der Waals surface area (Å²) < 4.78 is 12.0. The molecule has 1 N–H and O–H groups in total. The molecule has 0 bridgehead atoms. The number of hydrogen-bond acceptors (Lipinski definition) is 3. The molecule has 1 aliphatic rings. The van der Waals surface area contributed by atoms with Gasteiger partial charge in [-0.15, -0.1) is 0 Å². The zero-order valence-corrected chi connectivity index (χ0v) is 18.1. The Morgan fingerprint density at radius 3 is 2.50 bits per heavy atom. The van der Waals surface area contributed by atoms with Crippen molar-refractivity contribution in [3.63, 3.8) is 0 Å². The molecule has 146 valence electrons. The monoisotopic (exact) mass is 398 g/mol. The zero-order valence-electron chi connectivity index (χ0n) is 16.5. The number of anilines is 1. The largest absolute Gasteiger partial charge is 0.368 e. The van der Waals surface area contributed by atoms with Crippen molar-refractivity contribution in [1.29, 1.82) is 0 Å². The van der Waals surface area contributed by atoms with Gasteiger partial charge in [-0.25, -0.2) is 0 Å². The molecule has 1 unspecified atom stereocenters. The van der Waals surface area contributed by atoms with E-state index in [0.717, 1.165) is 37.2 Å². The first-order valence-electron chi connectivity index (χ1n) is 9.07. The molecule has 1 aromatic rings. The minimum Gasteiger partial charge on any atom is -0.368 e. The second-order valence-corrected chi connectivity index (χ2v) is 10.3. The summed E-state index contributed by atoms with van der Waals surface area (Å²) in [6.07, 6.45) is 0. The predicted molar refractivity (Wildman–Crippen MR) is 114 cm³/mol. The van der Waals surface area contributed by atoms with Crippen LogP contribution in [0.1, 0.15) is 26.3 Å². The molecule has 0 aromatic heterocycles. The summed E-state index contributed by atoms with van der Waals surface area (Å²) in [7, 11) is 0.949. The summed E-state index contributed by atoms with van der Waals surface area (Å²) >= 11 is 6.16. The van der Waals surface area contributed by atoms with Crippen molar-refractivity contribution < 1.29 is 4.21 Å². The van der Waals surface area contributed by atoms with Gasteiger partial charge in [-0.1, -0.05) is 17.7 Å². The fraction of sp³-hybridized carbons (Fsp3) is 0.632. The van der Waals surface area contributed by atoms with Gasteiger partial charge < -0.3 is 15.1 Å². The Bertz CT molecular complexity index is 664. The normalized spacial score (nSPS) is 17.4. The van der Waals surface area contributed by atoms with Gasteiger partial charge in [0.25, 0.3) is 0 Å². The fourth-order valence-electron chi connectivity index (χ4n) is 2.98. The van der Waals surface area contributed by atoms with E-state index in [2.05, 4.69) is 33.1 Å². The van der Waals surface area contributed by atoms with Crippen molar-refractivity contribution in [3.8, 4) is 0 Å². The van der Waals surface area contributed by atoms with Crippen LogP contribution in [-0.2, 0) is 10.8 Å². The van der Waals surface area contributed by atoms with Crippen LogP contribution in [0.3, 0.4) is 0 Å². The highest BCUT2D eigenvalue weighted by Gasteiger charge is 2.22. The summed E-state index contributed by atoms with van der Waals surface area (Å²) in [5.41, 5.74) is 2.45. The molecular weight excluding hydrogens is 368 g/mol. The molecule has 0 saturated carbocycles. The van der Waals surface area contributed by atoms with E-state index in [1.165, 1.54) is 11.3 Å². The Hall–Kier alpha value is -1.27.